The van der Waals surface area contributed by atoms with Gasteiger partial charge in [0, 0.05) is 12.1 Å². The molecule has 1 aromatic carbocycles. The van der Waals surface area contributed by atoms with Crippen LogP contribution in [0.4, 0.5) is 0 Å². The standard InChI is InChI=1S/C11H14NO5/c1-12(14)11(13)10-8(16-3)5-7(15-2)6-9(10)17-4/h5-6H,1-4H3/q-1. The van der Waals surface area contributed by atoms with Crippen molar-refractivity contribution in [2.75, 3.05) is 28.4 Å². The number of hydrogen-bond acceptors (Lipinski definition) is 5. The lowest BCUT2D eigenvalue weighted by Crippen LogP contribution is -2.21. The number of benzene rings is 1. The van der Waals surface area contributed by atoms with Crippen LogP contribution in [0.3, 0.4) is 0 Å². The zero-order valence-corrected chi connectivity index (χ0v) is 10.1. The van der Waals surface area contributed by atoms with Crippen LogP contribution in [-0.2, 0) is 0 Å². The number of amides is 1. The van der Waals surface area contributed by atoms with Gasteiger partial charge in [-0.05, 0) is 7.05 Å². The summed E-state index contributed by atoms with van der Waals surface area (Å²) in [6.45, 7) is 0. The Balaban J connectivity index is 3.39. The summed E-state index contributed by atoms with van der Waals surface area (Å²) in [5.74, 6) is 0.202. The maximum absolute atomic E-state index is 11.7. The van der Waals surface area contributed by atoms with Crippen molar-refractivity contribution in [2.24, 2.45) is 0 Å². The summed E-state index contributed by atoms with van der Waals surface area (Å²) in [4.78, 5) is 11.7. The van der Waals surface area contributed by atoms with E-state index >= 15 is 0 Å². The molecule has 0 radical (unpaired) electrons. The third kappa shape index (κ3) is 2.59. The molecule has 0 unspecified atom stereocenters. The molecule has 94 valence electrons. The first kappa shape index (κ1) is 13.1. The lowest BCUT2D eigenvalue weighted by Gasteiger charge is -2.24. The summed E-state index contributed by atoms with van der Waals surface area (Å²) in [6, 6.07) is 3.03. The maximum Gasteiger partial charge on any atom is 0.250 e. The molecule has 1 aromatic rings. The van der Waals surface area contributed by atoms with Gasteiger partial charge in [0.2, 0.25) is 0 Å². The summed E-state index contributed by atoms with van der Waals surface area (Å²) in [7, 11) is 5.40. The fourth-order valence-corrected chi connectivity index (χ4v) is 1.37. The van der Waals surface area contributed by atoms with Gasteiger partial charge in [0.1, 0.15) is 22.8 Å². The SMILES string of the molecule is COc1cc(OC)c(C(=O)N(C)[O-])c(OC)c1. The van der Waals surface area contributed by atoms with Crippen molar-refractivity contribution in [1.82, 2.24) is 5.06 Å². The molecular formula is C11H14NO5-. The molecule has 0 saturated heterocycles. The zero-order chi connectivity index (χ0) is 13.0. The van der Waals surface area contributed by atoms with E-state index in [2.05, 4.69) is 0 Å². The molecule has 0 fully saturated rings. The number of methoxy groups -OCH3 is 3. The van der Waals surface area contributed by atoms with Crippen LogP contribution in [0, 0.1) is 5.21 Å². The molecule has 6 nitrogen and oxygen atoms in total. The second-order valence-electron chi connectivity index (χ2n) is 3.21. The first-order valence-corrected chi connectivity index (χ1v) is 4.80. The fourth-order valence-electron chi connectivity index (χ4n) is 1.37. The summed E-state index contributed by atoms with van der Waals surface area (Å²) in [5.41, 5.74) is 0.0771. The van der Waals surface area contributed by atoms with Gasteiger partial charge in [-0.1, -0.05) is 0 Å². The van der Waals surface area contributed by atoms with E-state index in [1.807, 2.05) is 0 Å². The van der Waals surface area contributed by atoms with Crippen LogP contribution in [0.2, 0.25) is 0 Å². The van der Waals surface area contributed by atoms with Gasteiger partial charge >= 0.3 is 0 Å². The highest BCUT2D eigenvalue weighted by atomic mass is 16.5. The van der Waals surface area contributed by atoms with Crippen molar-refractivity contribution in [3.05, 3.63) is 22.9 Å². The van der Waals surface area contributed by atoms with Crippen molar-refractivity contribution < 1.29 is 19.0 Å². The molecule has 0 atom stereocenters. The predicted molar refractivity (Wildman–Crippen MR) is 61.6 cm³/mol. The van der Waals surface area contributed by atoms with Crippen molar-refractivity contribution >= 4 is 5.91 Å². The van der Waals surface area contributed by atoms with Crippen LogP contribution >= 0.6 is 0 Å². The van der Waals surface area contributed by atoms with Crippen LogP contribution in [0.25, 0.3) is 0 Å². The summed E-state index contributed by atoms with van der Waals surface area (Å²) < 4.78 is 15.1. The minimum absolute atomic E-state index is 0.0771. The number of hydroxylamine groups is 2. The quantitative estimate of drug-likeness (QED) is 0.741. The molecule has 0 aliphatic rings. The third-order valence-corrected chi connectivity index (χ3v) is 2.21. The predicted octanol–water partition coefficient (Wildman–Crippen LogP) is 1.28. The van der Waals surface area contributed by atoms with Gasteiger partial charge in [0.25, 0.3) is 5.91 Å². The average Bonchev–Trinajstić information content (AvgIpc) is 2.35. The Labute approximate surface area is 99.3 Å². The van der Waals surface area contributed by atoms with Crippen LogP contribution in [-0.4, -0.2) is 39.3 Å². The van der Waals surface area contributed by atoms with E-state index in [0.29, 0.717) is 5.75 Å². The van der Waals surface area contributed by atoms with E-state index in [1.54, 1.807) is 0 Å². The van der Waals surface area contributed by atoms with Gasteiger partial charge < -0.3 is 24.5 Å². The van der Waals surface area contributed by atoms with Crippen molar-refractivity contribution in [2.45, 2.75) is 0 Å². The van der Waals surface area contributed by atoms with Gasteiger partial charge in [0.05, 0.1) is 21.3 Å². The Kier molecular flexibility index (Phi) is 4.17. The third-order valence-electron chi connectivity index (χ3n) is 2.21. The zero-order valence-electron chi connectivity index (χ0n) is 10.1. The summed E-state index contributed by atoms with van der Waals surface area (Å²) >= 11 is 0. The van der Waals surface area contributed by atoms with Gasteiger partial charge in [-0.25, -0.2) is 0 Å². The Bertz CT molecular complexity index is 391. The first-order valence-electron chi connectivity index (χ1n) is 4.80. The monoisotopic (exact) mass is 240 g/mol. The molecular weight excluding hydrogens is 226 g/mol. The molecule has 0 saturated carbocycles. The number of nitrogens with zero attached hydrogens (tertiary/aromatic N) is 1. The number of hydrogen-bond donors (Lipinski definition) is 0. The normalized spacial score (nSPS) is 9.71. The number of carbonyl (C=O) groups is 1. The Hall–Kier alpha value is -1.95. The molecule has 0 aliphatic carbocycles. The maximum atomic E-state index is 11.7. The van der Waals surface area contributed by atoms with Crippen molar-refractivity contribution in [1.29, 1.82) is 0 Å². The molecule has 0 heterocycles. The van der Waals surface area contributed by atoms with Gasteiger partial charge in [-0.2, -0.15) is 0 Å². The molecule has 1 amide bonds. The molecule has 6 heteroatoms. The fraction of sp³-hybridized carbons (Fsp3) is 0.364. The summed E-state index contributed by atoms with van der Waals surface area (Å²) in [5, 5.41) is 11.3. The molecule has 0 bridgehead atoms. The van der Waals surface area contributed by atoms with E-state index in [1.165, 1.54) is 33.5 Å². The molecule has 1 rings (SSSR count). The lowest BCUT2D eigenvalue weighted by atomic mass is 10.1. The molecule has 0 aromatic heterocycles. The van der Waals surface area contributed by atoms with Crippen molar-refractivity contribution in [3.63, 3.8) is 0 Å². The Morgan fingerprint density at radius 3 is 1.88 bits per heavy atom. The Morgan fingerprint density at radius 2 is 1.59 bits per heavy atom. The van der Waals surface area contributed by atoms with E-state index in [-0.39, 0.29) is 22.1 Å². The molecule has 0 N–H and O–H groups in total. The van der Waals surface area contributed by atoms with Crippen LogP contribution in [0.15, 0.2) is 12.1 Å². The Morgan fingerprint density at radius 1 is 1.12 bits per heavy atom. The number of ether oxygens (including phenoxy) is 3. The molecule has 0 spiro atoms. The second kappa shape index (κ2) is 5.40. The molecule has 17 heavy (non-hydrogen) atoms. The van der Waals surface area contributed by atoms with Crippen molar-refractivity contribution in [3.8, 4) is 17.2 Å². The number of carbonyl (C=O) groups excluding carboxylic acids is 1. The minimum atomic E-state index is -0.735. The van der Waals surface area contributed by atoms with Gasteiger partial charge in [0.15, 0.2) is 0 Å². The van der Waals surface area contributed by atoms with Crippen LogP contribution in [0.1, 0.15) is 10.4 Å². The average molecular weight is 240 g/mol. The number of rotatable bonds is 4. The first-order chi connectivity index (χ1) is 8.04. The second-order valence-corrected chi connectivity index (χ2v) is 3.21. The topological polar surface area (TPSA) is 71.1 Å². The van der Waals surface area contributed by atoms with E-state index in [4.69, 9.17) is 14.2 Å². The highest BCUT2D eigenvalue weighted by Crippen LogP contribution is 2.34. The van der Waals surface area contributed by atoms with Gasteiger partial charge in [-0.15, -0.1) is 0 Å². The highest BCUT2D eigenvalue weighted by molar-refractivity contribution is 6.00. The lowest BCUT2D eigenvalue weighted by molar-refractivity contribution is 0.0843. The van der Waals surface area contributed by atoms with Gasteiger partial charge in [-0.3, -0.25) is 4.79 Å². The van der Waals surface area contributed by atoms with E-state index in [9.17, 15) is 10.0 Å². The van der Waals surface area contributed by atoms with Crippen LogP contribution < -0.4 is 14.2 Å². The molecule has 0 aliphatic heterocycles. The van der Waals surface area contributed by atoms with E-state index < -0.39 is 5.91 Å². The minimum Gasteiger partial charge on any atom is -0.756 e. The summed E-state index contributed by atoms with van der Waals surface area (Å²) in [6.07, 6.45) is 0. The largest absolute Gasteiger partial charge is 0.756 e. The van der Waals surface area contributed by atoms with Crippen LogP contribution in [0.5, 0.6) is 17.2 Å². The highest BCUT2D eigenvalue weighted by Gasteiger charge is 2.20. The smallest absolute Gasteiger partial charge is 0.250 e. The van der Waals surface area contributed by atoms with E-state index in [0.717, 1.165) is 7.05 Å².